The van der Waals surface area contributed by atoms with Gasteiger partial charge in [0.05, 0.1) is 0 Å². The molecule has 128 valence electrons. The third-order valence-corrected chi connectivity index (χ3v) is 5.67. The number of fused-ring (bicyclic) bond motifs is 1. The largest absolute Gasteiger partial charge is 0.334 e. The highest BCUT2D eigenvalue weighted by Gasteiger charge is 2.32. The van der Waals surface area contributed by atoms with Gasteiger partial charge in [-0.05, 0) is 47.0 Å². The molecule has 0 bridgehead atoms. The number of nitrogens with one attached hydrogen (secondary N) is 1. The number of hydrogen-bond donors (Lipinski definition) is 1. The van der Waals surface area contributed by atoms with Crippen LogP contribution in [0.3, 0.4) is 0 Å². The van der Waals surface area contributed by atoms with Gasteiger partial charge in [0.25, 0.3) is 0 Å². The maximum Gasteiger partial charge on any atom is 0.317 e. The Morgan fingerprint density at radius 3 is 2.72 bits per heavy atom. The molecular formula is C21H22N2OS. The maximum absolute atomic E-state index is 12.7. The van der Waals surface area contributed by atoms with Crippen molar-refractivity contribution in [3.8, 4) is 0 Å². The highest BCUT2D eigenvalue weighted by Crippen LogP contribution is 2.27. The van der Waals surface area contributed by atoms with E-state index in [4.69, 9.17) is 0 Å². The normalized spacial score (nSPS) is 13.8. The number of carbonyl (C=O) groups is 1. The second-order valence-electron chi connectivity index (χ2n) is 6.55. The van der Waals surface area contributed by atoms with E-state index in [0.717, 1.165) is 25.8 Å². The van der Waals surface area contributed by atoms with Crippen molar-refractivity contribution in [2.24, 2.45) is 0 Å². The zero-order chi connectivity index (χ0) is 17.1. The summed E-state index contributed by atoms with van der Waals surface area (Å²) in [6, 6.07) is 19.3. The number of thiophene rings is 1. The fourth-order valence-electron chi connectivity index (χ4n) is 3.24. The van der Waals surface area contributed by atoms with Crippen LogP contribution in [-0.4, -0.2) is 23.5 Å². The van der Waals surface area contributed by atoms with E-state index in [0.29, 0.717) is 12.6 Å². The molecule has 0 aliphatic heterocycles. The van der Waals surface area contributed by atoms with E-state index in [1.165, 1.54) is 21.2 Å². The van der Waals surface area contributed by atoms with E-state index in [1.807, 2.05) is 17.0 Å². The molecule has 25 heavy (non-hydrogen) atoms. The lowest BCUT2D eigenvalue weighted by Gasteiger charge is -2.23. The molecule has 1 aliphatic carbocycles. The zero-order valence-corrected chi connectivity index (χ0v) is 15.0. The van der Waals surface area contributed by atoms with Gasteiger partial charge in [-0.2, -0.15) is 0 Å². The highest BCUT2D eigenvalue weighted by atomic mass is 32.1. The molecule has 4 heteroatoms. The van der Waals surface area contributed by atoms with Gasteiger partial charge >= 0.3 is 6.03 Å². The second-order valence-corrected chi connectivity index (χ2v) is 7.58. The van der Waals surface area contributed by atoms with Gasteiger partial charge in [-0.3, -0.25) is 0 Å². The Hall–Kier alpha value is -2.33. The first kappa shape index (κ1) is 16.2. The first-order valence-electron chi connectivity index (χ1n) is 8.85. The molecule has 0 radical (unpaired) electrons. The minimum atomic E-state index is 0.0620. The Morgan fingerprint density at radius 2 is 1.92 bits per heavy atom. The van der Waals surface area contributed by atoms with Crippen LogP contribution in [0.2, 0.25) is 0 Å². The average Bonchev–Trinajstić information content (AvgIpc) is 3.34. The lowest BCUT2D eigenvalue weighted by Crippen LogP contribution is -2.42. The fourth-order valence-corrected chi connectivity index (χ4v) is 3.94. The predicted octanol–water partition coefficient (Wildman–Crippen LogP) is 4.82. The van der Waals surface area contributed by atoms with Gasteiger partial charge in [-0.15, -0.1) is 11.3 Å². The summed E-state index contributed by atoms with van der Waals surface area (Å²) < 4.78 is 0. The SMILES string of the molecule is O=C(NCc1cccc2ccccc12)N(CCc1cccs1)C1CC1. The summed E-state index contributed by atoms with van der Waals surface area (Å²) in [5.74, 6) is 0. The Bertz CT molecular complexity index is 850. The monoisotopic (exact) mass is 350 g/mol. The van der Waals surface area contributed by atoms with Crippen LogP contribution in [0.5, 0.6) is 0 Å². The fraction of sp³-hybridized carbons (Fsp3) is 0.286. The van der Waals surface area contributed by atoms with Crippen molar-refractivity contribution in [1.29, 1.82) is 0 Å². The van der Waals surface area contributed by atoms with E-state index in [2.05, 4.69) is 53.2 Å². The van der Waals surface area contributed by atoms with Gasteiger partial charge in [-0.1, -0.05) is 48.5 Å². The Labute approximate surface area is 152 Å². The first-order chi connectivity index (χ1) is 12.3. The number of carbonyl (C=O) groups excluding carboxylic acids is 1. The lowest BCUT2D eigenvalue weighted by molar-refractivity contribution is 0.195. The lowest BCUT2D eigenvalue weighted by atomic mass is 10.0. The van der Waals surface area contributed by atoms with Crippen LogP contribution in [0.25, 0.3) is 10.8 Å². The highest BCUT2D eigenvalue weighted by molar-refractivity contribution is 7.09. The number of amides is 2. The van der Waals surface area contributed by atoms with E-state index in [1.54, 1.807) is 11.3 Å². The number of urea groups is 1. The number of nitrogens with zero attached hydrogens (tertiary/aromatic N) is 1. The zero-order valence-electron chi connectivity index (χ0n) is 14.2. The second kappa shape index (κ2) is 7.28. The smallest absolute Gasteiger partial charge is 0.317 e. The molecule has 2 aromatic carbocycles. The van der Waals surface area contributed by atoms with Gasteiger partial charge in [0.15, 0.2) is 0 Å². The summed E-state index contributed by atoms with van der Waals surface area (Å²) in [5, 5.41) is 7.65. The molecule has 1 aliphatic rings. The third kappa shape index (κ3) is 3.85. The van der Waals surface area contributed by atoms with Crippen molar-refractivity contribution >= 4 is 28.1 Å². The van der Waals surface area contributed by atoms with Crippen molar-refractivity contribution < 1.29 is 4.79 Å². The van der Waals surface area contributed by atoms with Gasteiger partial charge in [0.2, 0.25) is 0 Å². The van der Waals surface area contributed by atoms with E-state index in [9.17, 15) is 4.79 Å². The van der Waals surface area contributed by atoms with Crippen molar-refractivity contribution in [2.45, 2.75) is 31.8 Å². The molecule has 2 amide bonds. The maximum atomic E-state index is 12.7. The first-order valence-corrected chi connectivity index (χ1v) is 9.73. The van der Waals surface area contributed by atoms with Crippen molar-refractivity contribution in [3.63, 3.8) is 0 Å². The van der Waals surface area contributed by atoms with E-state index in [-0.39, 0.29) is 6.03 Å². The summed E-state index contributed by atoms with van der Waals surface area (Å²) in [6.07, 6.45) is 3.20. The summed E-state index contributed by atoms with van der Waals surface area (Å²) in [4.78, 5) is 16.1. The summed E-state index contributed by atoms with van der Waals surface area (Å²) in [7, 11) is 0. The molecule has 1 saturated carbocycles. The number of rotatable bonds is 6. The van der Waals surface area contributed by atoms with Crippen LogP contribution in [-0.2, 0) is 13.0 Å². The van der Waals surface area contributed by atoms with Crippen LogP contribution in [0.4, 0.5) is 4.79 Å². The number of hydrogen-bond acceptors (Lipinski definition) is 2. The number of benzene rings is 2. The van der Waals surface area contributed by atoms with E-state index < -0.39 is 0 Å². The van der Waals surface area contributed by atoms with Crippen molar-refractivity contribution in [1.82, 2.24) is 10.2 Å². The van der Waals surface area contributed by atoms with Gasteiger partial charge in [0.1, 0.15) is 0 Å². The van der Waals surface area contributed by atoms with Crippen molar-refractivity contribution in [2.75, 3.05) is 6.54 Å². The molecule has 0 unspecified atom stereocenters. The Balaban J connectivity index is 1.41. The van der Waals surface area contributed by atoms with Gasteiger partial charge in [0, 0.05) is 24.0 Å². The third-order valence-electron chi connectivity index (χ3n) is 4.74. The van der Waals surface area contributed by atoms with Gasteiger partial charge in [-0.25, -0.2) is 4.79 Å². The molecule has 3 nitrogen and oxygen atoms in total. The molecular weight excluding hydrogens is 328 g/mol. The topological polar surface area (TPSA) is 32.3 Å². The summed E-state index contributed by atoms with van der Waals surface area (Å²) in [5.41, 5.74) is 1.17. The molecule has 1 fully saturated rings. The molecule has 1 aromatic heterocycles. The molecule has 0 atom stereocenters. The molecule has 1 N–H and O–H groups in total. The van der Waals surface area contributed by atoms with Crippen LogP contribution < -0.4 is 5.32 Å². The summed E-state index contributed by atoms with van der Waals surface area (Å²) in [6.45, 7) is 1.37. The average molecular weight is 350 g/mol. The Morgan fingerprint density at radius 1 is 1.08 bits per heavy atom. The molecule has 4 rings (SSSR count). The van der Waals surface area contributed by atoms with Crippen molar-refractivity contribution in [3.05, 3.63) is 70.4 Å². The molecule has 0 spiro atoms. The minimum Gasteiger partial charge on any atom is -0.334 e. The molecule has 1 heterocycles. The Kier molecular flexibility index (Phi) is 4.70. The van der Waals surface area contributed by atoms with Crippen LogP contribution in [0, 0.1) is 0 Å². The standard InChI is InChI=1S/C21H22N2OS/c24-21(23(18-10-11-18)13-12-19-8-4-14-25-19)22-15-17-7-3-6-16-5-1-2-9-20(16)17/h1-9,14,18H,10-13,15H2,(H,22,24). The van der Waals surface area contributed by atoms with Crippen LogP contribution >= 0.6 is 11.3 Å². The van der Waals surface area contributed by atoms with E-state index >= 15 is 0 Å². The quantitative estimate of drug-likeness (QED) is 0.679. The van der Waals surface area contributed by atoms with Crippen LogP contribution in [0.15, 0.2) is 60.0 Å². The predicted molar refractivity (Wildman–Crippen MR) is 104 cm³/mol. The molecule has 0 saturated heterocycles. The molecule has 3 aromatic rings. The van der Waals surface area contributed by atoms with Gasteiger partial charge < -0.3 is 10.2 Å². The van der Waals surface area contributed by atoms with Crippen LogP contribution in [0.1, 0.15) is 23.3 Å². The summed E-state index contributed by atoms with van der Waals surface area (Å²) >= 11 is 1.76. The minimum absolute atomic E-state index is 0.0620.